The summed E-state index contributed by atoms with van der Waals surface area (Å²) in [6.45, 7) is 11.7. The van der Waals surface area contributed by atoms with E-state index in [1.807, 2.05) is 6.92 Å². The second-order valence-corrected chi connectivity index (χ2v) is 7.78. The Balaban J connectivity index is 1.63. The van der Waals surface area contributed by atoms with Gasteiger partial charge in [-0.1, -0.05) is 26.0 Å². The molecule has 0 aromatic carbocycles. The lowest BCUT2D eigenvalue weighted by Crippen LogP contribution is -2.17. The number of hydrogen-bond acceptors (Lipinski definition) is 10. The summed E-state index contributed by atoms with van der Waals surface area (Å²) >= 11 is 0. The van der Waals surface area contributed by atoms with Crippen molar-refractivity contribution in [3.05, 3.63) is 52.7 Å². The summed E-state index contributed by atoms with van der Waals surface area (Å²) in [5.41, 5.74) is 0.852. The minimum absolute atomic E-state index is 0.140. The van der Waals surface area contributed by atoms with Crippen LogP contribution in [0.2, 0.25) is 0 Å². The van der Waals surface area contributed by atoms with Crippen LogP contribution in [0.4, 0.5) is 0 Å². The average molecular weight is 503 g/mol. The number of esters is 1. The highest BCUT2D eigenvalue weighted by Gasteiger charge is 2.10. The number of rotatable bonds is 17. The highest BCUT2D eigenvalue weighted by Crippen LogP contribution is 2.21. The topological polar surface area (TPSA) is 119 Å². The van der Waals surface area contributed by atoms with Crippen molar-refractivity contribution < 1.29 is 32.9 Å². The zero-order chi connectivity index (χ0) is 26.2. The van der Waals surface area contributed by atoms with E-state index < -0.39 is 5.63 Å². The first-order valence-corrected chi connectivity index (χ1v) is 11.7. The van der Waals surface area contributed by atoms with Gasteiger partial charge in [-0.05, 0) is 19.7 Å². The summed E-state index contributed by atoms with van der Waals surface area (Å²) in [4.78, 5) is 31.7. The van der Waals surface area contributed by atoms with Crippen LogP contribution in [0.15, 0.2) is 50.9 Å². The molecule has 0 atom stereocenters. The maximum atomic E-state index is 12.4. The number of aromatic nitrogens is 1. The van der Waals surface area contributed by atoms with E-state index in [-0.39, 0.29) is 25.1 Å². The molecule has 0 bridgehead atoms. The minimum Gasteiger partial charge on any atom is -0.475 e. The van der Waals surface area contributed by atoms with Gasteiger partial charge in [0, 0.05) is 29.4 Å². The molecule has 196 valence electrons. The standard InChI is InChI=1S/C26H34N2O8/c1-5-6-20(17-27-4)22-15-21-18-28-24(16-23(21)36-26(22)30)34-13-11-32-9-7-31-8-10-33-12-14-35-25(29)19(2)3/h5-6,15-19H,4,7-14H2,1-3H3/b6-5-,20-17+. The van der Waals surface area contributed by atoms with Gasteiger partial charge in [-0.25, -0.2) is 9.78 Å². The molecule has 0 radical (unpaired) electrons. The lowest BCUT2D eigenvalue weighted by Gasteiger charge is -2.09. The zero-order valence-corrected chi connectivity index (χ0v) is 21.1. The minimum atomic E-state index is -0.490. The van der Waals surface area contributed by atoms with Crippen LogP contribution < -0.4 is 10.4 Å². The van der Waals surface area contributed by atoms with Gasteiger partial charge in [0.25, 0.3) is 0 Å². The van der Waals surface area contributed by atoms with E-state index in [1.165, 1.54) is 6.20 Å². The summed E-state index contributed by atoms with van der Waals surface area (Å²) < 4.78 is 32.2. The fourth-order valence-electron chi connectivity index (χ4n) is 2.87. The molecule has 0 amide bonds. The van der Waals surface area contributed by atoms with Crippen molar-refractivity contribution in [1.29, 1.82) is 0 Å². The molecule has 0 unspecified atom stereocenters. The highest BCUT2D eigenvalue weighted by molar-refractivity contribution is 5.83. The second kappa shape index (κ2) is 16.4. The van der Waals surface area contributed by atoms with Crippen LogP contribution in [-0.2, 0) is 23.7 Å². The molecule has 0 spiro atoms. The van der Waals surface area contributed by atoms with Gasteiger partial charge in [0.1, 0.15) is 18.8 Å². The Bertz CT molecular complexity index is 1090. The van der Waals surface area contributed by atoms with Crippen LogP contribution in [0.5, 0.6) is 5.88 Å². The molecule has 2 heterocycles. The number of allylic oxidation sites excluding steroid dienone is 3. The number of carbonyl (C=O) groups is 1. The molecule has 0 fully saturated rings. The van der Waals surface area contributed by atoms with Gasteiger partial charge < -0.3 is 28.1 Å². The van der Waals surface area contributed by atoms with Crippen LogP contribution in [0.3, 0.4) is 0 Å². The van der Waals surface area contributed by atoms with Crippen molar-refractivity contribution in [2.24, 2.45) is 10.9 Å². The molecule has 2 rings (SSSR count). The number of carbonyl (C=O) groups excluding carboxylic acids is 1. The normalized spacial score (nSPS) is 11.9. The molecular weight excluding hydrogens is 468 g/mol. The lowest BCUT2D eigenvalue weighted by atomic mass is 10.1. The first-order chi connectivity index (χ1) is 17.5. The van der Waals surface area contributed by atoms with Crippen LogP contribution in [-0.4, -0.2) is 70.5 Å². The predicted molar refractivity (Wildman–Crippen MR) is 136 cm³/mol. The zero-order valence-electron chi connectivity index (χ0n) is 21.1. The van der Waals surface area contributed by atoms with Crippen LogP contribution in [0.25, 0.3) is 16.5 Å². The fraction of sp³-hybridized carbons (Fsp3) is 0.462. The van der Waals surface area contributed by atoms with Gasteiger partial charge in [-0.3, -0.25) is 9.79 Å². The molecule has 0 aliphatic rings. The molecule has 2 aromatic heterocycles. The van der Waals surface area contributed by atoms with E-state index >= 15 is 0 Å². The molecule has 36 heavy (non-hydrogen) atoms. The third kappa shape index (κ3) is 10.1. The van der Waals surface area contributed by atoms with E-state index in [0.717, 1.165) is 0 Å². The van der Waals surface area contributed by atoms with Crippen molar-refractivity contribution in [3.63, 3.8) is 0 Å². The van der Waals surface area contributed by atoms with E-state index in [2.05, 4.69) is 16.7 Å². The molecular formula is C26H34N2O8. The number of nitrogens with zero attached hydrogens (tertiary/aromatic N) is 2. The van der Waals surface area contributed by atoms with Crippen LogP contribution in [0, 0.1) is 5.92 Å². The van der Waals surface area contributed by atoms with E-state index in [4.69, 9.17) is 28.1 Å². The molecule has 0 saturated carbocycles. The number of hydrogen-bond donors (Lipinski definition) is 0. The van der Waals surface area contributed by atoms with E-state index in [9.17, 15) is 9.59 Å². The maximum absolute atomic E-state index is 12.4. The Morgan fingerprint density at radius 1 is 1.06 bits per heavy atom. The lowest BCUT2D eigenvalue weighted by molar-refractivity contribution is -0.149. The van der Waals surface area contributed by atoms with Gasteiger partial charge in [0.2, 0.25) is 5.88 Å². The SMILES string of the molecule is C=N/C=C(\C=C/C)c1cc2cnc(OCCOCCOCCOCCOC(=O)C(C)C)cc2oc1=O. The maximum Gasteiger partial charge on any atom is 0.344 e. The second-order valence-electron chi connectivity index (χ2n) is 7.78. The summed E-state index contributed by atoms with van der Waals surface area (Å²) in [7, 11) is 0. The number of pyridine rings is 1. The monoisotopic (exact) mass is 502 g/mol. The molecule has 10 nitrogen and oxygen atoms in total. The fourth-order valence-corrected chi connectivity index (χ4v) is 2.87. The van der Waals surface area contributed by atoms with Crippen molar-refractivity contribution in [2.45, 2.75) is 20.8 Å². The van der Waals surface area contributed by atoms with Gasteiger partial charge >= 0.3 is 11.6 Å². The quantitative estimate of drug-likeness (QED) is 0.139. The van der Waals surface area contributed by atoms with E-state index in [1.54, 1.807) is 44.3 Å². The van der Waals surface area contributed by atoms with Gasteiger partial charge in [0.05, 0.1) is 51.1 Å². The van der Waals surface area contributed by atoms with Gasteiger partial charge in [0.15, 0.2) is 0 Å². The molecule has 2 aromatic rings. The predicted octanol–water partition coefficient (Wildman–Crippen LogP) is 3.43. The smallest absolute Gasteiger partial charge is 0.344 e. The molecule has 0 saturated heterocycles. The number of fused-ring (bicyclic) bond motifs is 1. The largest absolute Gasteiger partial charge is 0.475 e. The third-order valence-electron chi connectivity index (χ3n) is 4.65. The van der Waals surface area contributed by atoms with Crippen LogP contribution in [0.1, 0.15) is 26.3 Å². The summed E-state index contributed by atoms with van der Waals surface area (Å²) in [6.07, 6.45) is 6.63. The van der Waals surface area contributed by atoms with Gasteiger partial charge in [-0.15, -0.1) is 0 Å². The average Bonchev–Trinajstić information content (AvgIpc) is 2.86. The van der Waals surface area contributed by atoms with Crippen molar-refractivity contribution in [1.82, 2.24) is 4.98 Å². The highest BCUT2D eigenvalue weighted by atomic mass is 16.6. The Morgan fingerprint density at radius 3 is 2.31 bits per heavy atom. The first-order valence-electron chi connectivity index (χ1n) is 11.7. The van der Waals surface area contributed by atoms with Crippen molar-refractivity contribution in [2.75, 3.05) is 52.9 Å². The first kappa shape index (κ1) is 28.9. The molecule has 10 heteroatoms. The number of aliphatic imine (C=N–C) groups is 1. The molecule has 0 aliphatic heterocycles. The summed E-state index contributed by atoms with van der Waals surface area (Å²) in [6, 6.07) is 3.27. The van der Waals surface area contributed by atoms with E-state index in [0.29, 0.717) is 67.6 Å². The Morgan fingerprint density at radius 2 is 1.69 bits per heavy atom. The molecule has 0 aliphatic carbocycles. The third-order valence-corrected chi connectivity index (χ3v) is 4.65. The molecule has 0 N–H and O–H groups in total. The number of ether oxygens (including phenoxy) is 5. The van der Waals surface area contributed by atoms with Gasteiger partial charge in [-0.2, -0.15) is 0 Å². The Labute approximate surface area is 210 Å². The Hall–Kier alpha value is -3.34. The summed E-state index contributed by atoms with van der Waals surface area (Å²) in [5.74, 6) is -0.0487. The van der Waals surface area contributed by atoms with Crippen molar-refractivity contribution >= 4 is 29.2 Å². The van der Waals surface area contributed by atoms with Crippen molar-refractivity contribution in [3.8, 4) is 5.88 Å². The summed E-state index contributed by atoms with van der Waals surface area (Å²) in [5, 5.41) is 0.658. The Kier molecular flexibility index (Phi) is 13.1. The van der Waals surface area contributed by atoms with Crippen LogP contribution >= 0.6 is 0 Å².